The van der Waals surface area contributed by atoms with Gasteiger partial charge in [-0.2, -0.15) is 0 Å². The lowest BCUT2D eigenvalue weighted by Crippen LogP contribution is -2.16. The third-order valence-electron chi connectivity index (χ3n) is 1.95. The molecule has 0 spiro atoms. The van der Waals surface area contributed by atoms with Crippen LogP contribution in [0.4, 0.5) is 10.1 Å². The molecule has 5 heteroatoms. The van der Waals surface area contributed by atoms with Crippen molar-refractivity contribution < 1.29 is 9.18 Å². The van der Waals surface area contributed by atoms with Gasteiger partial charge in [0.2, 0.25) is 5.91 Å². The van der Waals surface area contributed by atoms with E-state index >= 15 is 0 Å². The van der Waals surface area contributed by atoms with E-state index in [1.165, 1.54) is 6.07 Å². The number of nitrogens with one attached hydrogen (secondary N) is 1. The van der Waals surface area contributed by atoms with Gasteiger partial charge >= 0.3 is 0 Å². The van der Waals surface area contributed by atoms with Crippen LogP contribution in [0.2, 0.25) is 0 Å². The Kier molecular flexibility index (Phi) is 4.08. The van der Waals surface area contributed by atoms with E-state index in [1.54, 1.807) is 13.0 Å². The van der Waals surface area contributed by atoms with E-state index in [2.05, 4.69) is 21.2 Å². The third kappa shape index (κ3) is 3.51. The maximum Gasteiger partial charge on any atom is 0.219 e. The lowest BCUT2D eigenvalue weighted by molar-refractivity contribution is -0.117. The van der Waals surface area contributed by atoms with Crippen LogP contribution < -0.4 is 11.1 Å². The molecule has 0 bridgehead atoms. The zero-order chi connectivity index (χ0) is 11.4. The Hall–Kier alpha value is -1.10. The molecular formula is C10H12BrFN2O. The minimum Gasteiger partial charge on any atom is -0.384 e. The Bertz CT molecular complexity index is 382. The van der Waals surface area contributed by atoms with Gasteiger partial charge < -0.3 is 11.1 Å². The number of primary amides is 1. The fourth-order valence-electron chi connectivity index (χ4n) is 1.16. The number of amides is 1. The molecule has 15 heavy (non-hydrogen) atoms. The number of carbonyl (C=O) groups is 1. The van der Waals surface area contributed by atoms with Crippen molar-refractivity contribution in [1.82, 2.24) is 0 Å². The Morgan fingerprint density at radius 1 is 1.60 bits per heavy atom. The Morgan fingerprint density at radius 2 is 2.27 bits per heavy atom. The summed E-state index contributed by atoms with van der Waals surface area (Å²) in [5.41, 5.74) is 6.59. The maximum absolute atomic E-state index is 13.1. The van der Waals surface area contributed by atoms with Gasteiger partial charge in [0.1, 0.15) is 5.82 Å². The zero-order valence-electron chi connectivity index (χ0n) is 8.31. The highest BCUT2D eigenvalue weighted by atomic mass is 79.9. The quantitative estimate of drug-likeness (QED) is 0.884. The predicted molar refractivity (Wildman–Crippen MR) is 61.1 cm³/mol. The summed E-state index contributed by atoms with van der Waals surface area (Å²) in [6.07, 6.45) is 0.258. The topological polar surface area (TPSA) is 55.1 Å². The average Bonchev–Trinajstić information content (AvgIpc) is 2.13. The van der Waals surface area contributed by atoms with Gasteiger partial charge in [0.25, 0.3) is 0 Å². The normalized spacial score (nSPS) is 10.1. The molecule has 3 N–H and O–H groups in total. The molecule has 0 saturated carbocycles. The van der Waals surface area contributed by atoms with Crippen LogP contribution >= 0.6 is 15.9 Å². The summed E-state index contributed by atoms with van der Waals surface area (Å²) in [6.45, 7) is 2.25. The highest BCUT2D eigenvalue weighted by molar-refractivity contribution is 9.10. The molecule has 1 amide bonds. The Labute approximate surface area is 96.0 Å². The predicted octanol–water partition coefficient (Wildman–Crippen LogP) is 2.18. The number of benzene rings is 1. The summed E-state index contributed by atoms with van der Waals surface area (Å²) < 4.78 is 13.5. The van der Waals surface area contributed by atoms with Crippen molar-refractivity contribution in [2.45, 2.75) is 13.3 Å². The van der Waals surface area contributed by atoms with Crippen LogP contribution in [0.5, 0.6) is 0 Å². The van der Waals surface area contributed by atoms with Crippen LogP contribution in [0.3, 0.4) is 0 Å². The number of rotatable bonds is 4. The van der Waals surface area contributed by atoms with Crippen LogP contribution in [-0.4, -0.2) is 12.5 Å². The minimum atomic E-state index is -0.360. The number of halogens is 2. The number of hydrogen-bond donors (Lipinski definition) is 2. The monoisotopic (exact) mass is 274 g/mol. The van der Waals surface area contributed by atoms with Gasteiger partial charge in [-0.15, -0.1) is 0 Å². The largest absolute Gasteiger partial charge is 0.384 e. The van der Waals surface area contributed by atoms with Gasteiger partial charge in [0.15, 0.2) is 0 Å². The number of hydrogen-bond acceptors (Lipinski definition) is 2. The second kappa shape index (κ2) is 5.11. The van der Waals surface area contributed by atoms with Crippen molar-refractivity contribution in [2.24, 2.45) is 5.73 Å². The van der Waals surface area contributed by atoms with Crippen molar-refractivity contribution in [2.75, 3.05) is 11.9 Å². The van der Waals surface area contributed by atoms with Crippen LogP contribution in [-0.2, 0) is 4.79 Å². The zero-order valence-corrected chi connectivity index (χ0v) is 9.90. The summed E-state index contributed by atoms with van der Waals surface area (Å²) in [6, 6.07) is 3.07. The van der Waals surface area contributed by atoms with Gasteiger partial charge in [-0.25, -0.2) is 4.39 Å². The highest BCUT2D eigenvalue weighted by Crippen LogP contribution is 2.23. The summed E-state index contributed by atoms with van der Waals surface area (Å²) in [5, 5.41) is 3.01. The van der Waals surface area contributed by atoms with E-state index in [0.29, 0.717) is 11.0 Å². The molecule has 3 nitrogen and oxygen atoms in total. The smallest absolute Gasteiger partial charge is 0.219 e. The first-order valence-corrected chi connectivity index (χ1v) is 5.28. The van der Waals surface area contributed by atoms with Gasteiger partial charge in [-0.3, -0.25) is 4.79 Å². The van der Waals surface area contributed by atoms with Crippen LogP contribution in [0.15, 0.2) is 16.6 Å². The first-order valence-electron chi connectivity index (χ1n) is 4.48. The van der Waals surface area contributed by atoms with E-state index in [0.717, 1.165) is 11.3 Å². The van der Waals surface area contributed by atoms with Gasteiger partial charge in [0, 0.05) is 18.7 Å². The molecule has 0 fully saturated rings. The third-order valence-corrected chi connectivity index (χ3v) is 2.56. The van der Waals surface area contributed by atoms with Crippen LogP contribution in [0, 0.1) is 12.7 Å². The van der Waals surface area contributed by atoms with Gasteiger partial charge in [0.05, 0.1) is 4.47 Å². The molecule has 1 rings (SSSR count). The lowest BCUT2D eigenvalue weighted by Gasteiger charge is -2.09. The molecule has 0 atom stereocenters. The molecule has 0 aliphatic carbocycles. The average molecular weight is 275 g/mol. The number of nitrogens with two attached hydrogens (primary N) is 1. The minimum absolute atomic E-state index is 0.258. The standard InChI is InChI=1S/C10H12BrFN2O/c1-6-4-8(12)7(11)5-9(6)14-3-2-10(13)15/h4-5,14H,2-3H2,1H3,(H2,13,15). The maximum atomic E-state index is 13.1. The first-order chi connectivity index (χ1) is 7.00. The summed E-state index contributed by atoms with van der Waals surface area (Å²) in [5.74, 6) is -0.658. The fourth-order valence-corrected chi connectivity index (χ4v) is 1.50. The number of aryl methyl sites for hydroxylation is 1. The molecule has 0 radical (unpaired) electrons. The molecule has 0 heterocycles. The van der Waals surface area contributed by atoms with E-state index in [9.17, 15) is 9.18 Å². The SMILES string of the molecule is Cc1cc(F)c(Br)cc1NCCC(N)=O. The van der Waals surface area contributed by atoms with Crippen LogP contribution in [0.25, 0.3) is 0 Å². The molecule has 0 aromatic heterocycles. The second-order valence-electron chi connectivity index (χ2n) is 3.22. The molecule has 1 aromatic carbocycles. The van der Waals surface area contributed by atoms with Crippen molar-refractivity contribution in [1.29, 1.82) is 0 Å². The van der Waals surface area contributed by atoms with Crippen molar-refractivity contribution in [3.63, 3.8) is 0 Å². The Morgan fingerprint density at radius 3 is 2.87 bits per heavy atom. The second-order valence-corrected chi connectivity index (χ2v) is 4.08. The van der Waals surface area contributed by atoms with Gasteiger partial charge in [-0.05, 0) is 40.5 Å². The fraction of sp³-hybridized carbons (Fsp3) is 0.300. The van der Waals surface area contributed by atoms with Crippen molar-refractivity contribution in [3.05, 3.63) is 28.0 Å². The van der Waals surface area contributed by atoms with Gasteiger partial charge in [-0.1, -0.05) is 0 Å². The van der Waals surface area contributed by atoms with Crippen molar-refractivity contribution in [3.8, 4) is 0 Å². The van der Waals surface area contributed by atoms with Crippen molar-refractivity contribution >= 4 is 27.5 Å². The van der Waals surface area contributed by atoms with E-state index in [4.69, 9.17) is 5.73 Å². The molecule has 82 valence electrons. The summed E-state index contributed by atoms with van der Waals surface area (Å²) in [4.78, 5) is 10.5. The Balaban J connectivity index is 2.69. The number of carbonyl (C=O) groups excluding carboxylic acids is 1. The molecule has 1 aromatic rings. The highest BCUT2D eigenvalue weighted by Gasteiger charge is 2.04. The van der Waals surface area contributed by atoms with E-state index < -0.39 is 0 Å². The molecule has 0 unspecified atom stereocenters. The molecule has 0 aliphatic rings. The molecule has 0 aliphatic heterocycles. The summed E-state index contributed by atoms with van der Waals surface area (Å²) in [7, 11) is 0. The van der Waals surface area contributed by atoms with E-state index in [-0.39, 0.29) is 18.1 Å². The molecular weight excluding hydrogens is 263 g/mol. The number of anilines is 1. The van der Waals surface area contributed by atoms with E-state index in [1.807, 2.05) is 0 Å². The summed E-state index contributed by atoms with van der Waals surface area (Å²) >= 11 is 3.09. The molecule has 0 saturated heterocycles. The first kappa shape index (κ1) is 12.0. The lowest BCUT2D eigenvalue weighted by atomic mass is 10.2. The van der Waals surface area contributed by atoms with Crippen LogP contribution in [0.1, 0.15) is 12.0 Å².